The molecule has 5 aromatic rings. The van der Waals surface area contributed by atoms with Gasteiger partial charge in [0.15, 0.2) is 11.5 Å². The molecule has 3 heterocycles. The number of fused-ring (bicyclic) bond motifs is 2. The van der Waals surface area contributed by atoms with Crippen molar-refractivity contribution in [2.45, 2.75) is 13.0 Å². The molecular formula is C23H16F3N5O3. The van der Waals surface area contributed by atoms with Crippen LogP contribution in [0.15, 0.2) is 66.9 Å². The lowest BCUT2D eigenvalue weighted by molar-refractivity contribution is -0.274. The van der Waals surface area contributed by atoms with Crippen LogP contribution in [0, 0.1) is 0 Å². The maximum absolute atomic E-state index is 12.6. The van der Waals surface area contributed by atoms with Gasteiger partial charge in [-0.15, -0.1) is 23.4 Å². The fourth-order valence-corrected chi connectivity index (χ4v) is 3.43. The van der Waals surface area contributed by atoms with Gasteiger partial charge in [-0.2, -0.15) is 9.61 Å². The fraction of sp³-hybridized carbons (Fsp3) is 0.130. The molecule has 0 amide bonds. The SMILES string of the molecule is COc1ccc2c(OCc3nnc4ccc(-c5cccc(OC(F)(F)F)c5)nn34)ccnc2c1. The fourth-order valence-electron chi connectivity index (χ4n) is 3.43. The van der Waals surface area contributed by atoms with E-state index in [4.69, 9.17) is 9.47 Å². The summed E-state index contributed by atoms with van der Waals surface area (Å²) in [5, 5.41) is 13.5. The number of halogens is 3. The van der Waals surface area contributed by atoms with E-state index in [1.54, 1.807) is 43.6 Å². The van der Waals surface area contributed by atoms with Crippen LogP contribution in [0.5, 0.6) is 17.2 Å². The van der Waals surface area contributed by atoms with Crippen LogP contribution in [-0.4, -0.2) is 38.3 Å². The third-order valence-electron chi connectivity index (χ3n) is 4.96. The first-order chi connectivity index (χ1) is 16.4. The van der Waals surface area contributed by atoms with Crippen molar-refractivity contribution < 1.29 is 27.4 Å². The van der Waals surface area contributed by atoms with Gasteiger partial charge in [0.2, 0.25) is 0 Å². The van der Waals surface area contributed by atoms with Crippen molar-refractivity contribution in [2.75, 3.05) is 7.11 Å². The molecule has 172 valence electrons. The van der Waals surface area contributed by atoms with Crippen molar-refractivity contribution in [1.29, 1.82) is 0 Å². The number of hydrogen-bond donors (Lipinski definition) is 0. The predicted octanol–water partition coefficient (Wildman–Crippen LogP) is 4.83. The molecule has 0 radical (unpaired) electrons. The predicted molar refractivity (Wildman–Crippen MR) is 116 cm³/mol. The molecule has 2 aromatic carbocycles. The highest BCUT2D eigenvalue weighted by Gasteiger charge is 2.31. The minimum atomic E-state index is -4.78. The van der Waals surface area contributed by atoms with Crippen LogP contribution in [-0.2, 0) is 6.61 Å². The normalized spacial score (nSPS) is 11.6. The Hall–Kier alpha value is -4.41. The van der Waals surface area contributed by atoms with Gasteiger partial charge in [0.05, 0.1) is 18.3 Å². The second kappa shape index (κ2) is 8.50. The smallest absolute Gasteiger partial charge is 0.497 e. The average Bonchev–Trinajstić information content (AvgIpc) is 3.23. The number of alkyl halides is 3. The van der Waals surface area contributed by atoms with Crippen molar-refractivity contribution in [2.24, 2.45) is 0 Å². The quantitative estimate of drug-likeness (QED) is 0.354. The third kappa shape index (κ3) is 4.40. The Kier molecular flexibility index (Phi) is 5.36. The standard InChI is InChI=1S/C23H16F3N5O3/c1-32-15-5-6-17-19(12-15)27-10-9-20(17)33-13-22-29-28-21-8-7-18(30-31(21)22)14-3-2-4-16(11-14)34-23(24,25)26/h2-12H,13H2,1H3. The molecule has 34 heavy (non-hydrogen) atoms. The van der Waals surface area contributed by atoms with Crippen LogP contribution in [0.2, 0.25) is 0 Å². The van der Waals surface area contributed by atoms with Gasteiger partial charge in [-0.25, -0.2) is 0 Å². The number of hydrogen-bond acceptors (Lipinski definition) is 7. The first-order valence-corrected chi connectivity index (χ1v) is 10.0. The lowest BCUT2D eigenvalue weighted by atomic mass is 10.1. The summed E-state index contributed by atoms with van der Waals surface area (Å²) >= 11 is 0. The highest BCUT2D eigenvalue weighted by molar-refractivity contribution is 5.85. The van der Waals surface area contributed by atoms with E-state index in [1.165, 1.54) is 22.7 Å². The van der Waals surface area contributed by atoms with Crippen LogP contribution in [0.4, 0.5) is 13.2 Å². The molecule has 0 saturated carbocycles. The molecule has 0 unspecified atom stereocenters. The van der Waals surface area contributed by atoms with Gasteiger partial charge in [0.1, 0.15) is 23.9 Å². The second-order valence-electron chi connectivity index (χ2n) is 7.16. The molecule has 0 saturated heterocycles. The number of ether oxygens (including phenoxy) is 3. The van der Waals surface area contributed by atoms with Crippen LogP contribution in [0.1, 0.15) is 5.82 Å². The Balaban J connectivity index is 1.42. The van der Waals surface area contributed by atoms with Gasteiger partial charge >= 0.3 is 6.36 Å². The van der Waals surface area contributed by atoms with E-state index in [2.05, 4.69) is 25.0 Å². The van der Waals surface area contributed by atoms with E-state index < -0.39 is 6.36 Å². The summed E-state index contributed by atoms with van der Waals surface area (Å²) in [6.45, 7) is 0.0555. The van der Waals surface area contributed by atoms with E-state index in [9.17, 15) is 13.2 Å². The Morgan fingerprint density at radius 1 is 0.941 bits per heavy atom. The van der Waals surface area contributed by atoms with Gasteiger partial charge < -0.3 is 14.2 Å². The van der Waals surface area contributed by atoms with Crippen LogP contribution in [0.3, 0.4) is 0 Å². The van der Waals surface area contributed by atoms with Crippen molar-refractivity contribution in [3.05, 3.63) is 72.7 Å². The number of nitrogens with zero attached hydrogens (tertiary/aromatic N) is 5. The number of pyridine rings is 1. The number of methoxy groups -OCH3 is 1. The topological polar surface area (TPSA) is 83.7 Å². The minimum Gasteiger partial charge on any atom is -0.497 e. The van der Waals surface area contributed by atoms with E-state index in [0.29, 0.717) is 39.7 Å². The lowest BCUT2D eigenvalue weighted by Crippen LogP contribution is -2.17. The van der Waals surface area contributed by atoms with Gasteiger partial charge in [0.25, 0.3) is 0 Å². The lowest BCUT2D eigenvalue weighted by Gasteiger charge is -2.10. The zero-order chi connectivity index (χ0) is 23.7. The van der Waals surface area contributed by atoms with E-state index in [-0.39, 0.29) is 12.4 Å². The van der Waals surface area contributed by atoms with Gasteiger partial charge in [-0.3, -0.25) is 4.98 Å². The molecule has 5 rings (SSSR count). The van der Waals surface area contributed by atoms with E-state index in [1.807, 2.05) is 12.1 Å². The zero-order valence-corrected chi connectivity index (χ0v) is 17.7. The highest BCUT2D eigenvalue weighted by Crippen LogP contribution is 2.29. The molecule has 0 fully saturated rings. The molecule has 3 aromatic heterocycles. The number of benzene rings is 2. The summed E-state index contributed by atoms with van der Waals surface area (Å²) in [5.74, 6) is 1.36. The summed E-state index contributed by atoms with van der Waals surface area (Å²) in [5.41, 5.74) is 2.04. The molecular weight excluding hydrogens is 451 g/mol. The first kappa shape index (κ1) is 21.4. The summed E-state index contributed by atoms with van der Waals surface area (Å²) in [6.07, 6.45) is -3.15. The molecule has 11 heteroatoms. The molecule has 0 aliphatic carbocycles. The Morgan fingerprint density at radius 2 is 1.82 bits per heavy atom. The van der Waals surface area contributed by atoms with Gasteiger partial charge in [-0.1, -0.05) is 12.1 Å². The molecule has 0 bridgehead atoms. The summed E-state index contributed by atoms with van der Waals surface area (Å²) < 4.78 is 54.4. The molecule has 0 aliphatic heterocycles. The monoisotopic (exact) mass is 467 g/mol. The number of rotatable bonds is 6. The van der Waals surface area contributed by atoms with E-state index in [0.717, 1.165) is 5.39 Å². The maximum Gasteiger partial charge on any atom is 0.573 e. The minimum absolute atomic E-state index is 0.0555. The highest BCUT2D eigenvalue weighted by atomic mass is 19.4. The van der Waals surface area contributed by atoms with E-state index >= 15 is 0 Å². The largest absolute Gasteiger partial charge is 0.573 e. The molecule has 8 nitrogen and oxygen atoms in total. The molecule has 0 aliphatic rings. The zero-order valence-electron chi connectivity index (χ0n) is 17.7. The molecule has 0 N–H and O–H groups in total. The van der Waals surface area contributed by atoms with Gasteiger partial charge in [0, 0.05) is 23.2 Å². The summed E-state index contributed by atoms with van der Waals surface area (Å²) in [7, 11) is 1.58. The third-order valence-corrected chi connectivity index (χ3v) is 4.96. The van der Waals surface area contributed by atoms with Crippen LogP contribution >= 0.6 is 0 Å². The Labute approximate surface area is 190 Å². The van der Waals surface area contributed by atoms with Crippen molar-refractivity contribution >= 4 is 16.6 Å². The summed E-state index contributed by atoms with van der Waals surface area (Å²) in [4.78, 5) is 4.33. The molecule has 0 spiro atoms. The maximum atomic E-state index is 12.6. The Morgan fingerprint density at radius 3 is 2.65 bits per heavy atom. The average molecular weight is 467 g/mol. The molecule has 0 atom stereocenters. The second-order valence-corrected chi connectivity index (χ2v) is 7.16. The van der Waals surface area contributed by atoms with Crippen molar-refractivity contribution in [3.63, 3.8) is 0 Å². The van der Waals surface area contributed by atoms with Gasteiger partial charge in [-0.05, 0) is 42.5 Å². The van der Waals surface area contributed by atoms with Crippen LogP contribution < -0.4 is 14.2 Å². The Bertz CT molecular complexity index is 1490. The van der Waals surface area contributed by atoms with Crippen molar-refractivity contribution in [3.8, 4) is 28.5 Å². The van der Waals surface area contributed by atoms with Crippen molar-refractivity contribution in [1.82, 2.24) is 24.8 Å². The summed E-state index contributed by atoms with van der Waals surface area (Å²) in [6, 6.07) is 16.1. The first-order valence-electron chi connectivity index (χ1n) is 10.0. The number of aromatic nitrogens is 5. The van der Waals surface area contributed by atoms with Crippen LogP contribution in [0.25, 0.3) is 27.8 Å².